The molecule has 2 N–H and O–H groups in total. The number of aromatic nitrogens is 1. The Labute approximate surface area is 189 Å². The Morgan fingerprint density at radius 1 is 1.15 bits per heavy atom. The SMILES string of the molecule is O=C(NCC1CC(F)(F)C1)c1cncc(-c2cc(F)cc(F)c2)c1N1CCC2(CCCN2)C1. The van der Waals surface area contributed by atoms with Crippen LogP contribution in [0.4, 0.5) is 23.2 Å². The number of hydrogen-bond acceptors (Lipinski definition) is 4. The van der Waals surface area contributed by atoms with Gasteiger partial charge in [-0.2, -0.15) is 0 Å². The maximum Gasteiger partial charge on any atom is 0.254 e. The molecule has 2 aromatic rings. The number of anilines is 1. The quantitative estimate of drug-likeness (QED) is 0.656. The Balaban J connectivity index is 1.48. The molecular weight excluding hydrogens is 436 g/mol. The summed E-state index contributed by atoms with van der Waals surface area (Å²) in [5.41, 5.74) is 1.56. The molecule has 1 aromatic carbocycles. The Morgan fingerprint density at radius 3 is 2.58 bits per heavy atom. The van der Waals surface area contributed by atoms with Crippen molar-refractivity contribution in [2.24, 2.45) is 5.92 Å². The van der Waals surface area contributed by atoms with E-state index in [4.69, 9.17) is 0 Å². The fourth-order valence-electron chi connectivity index (χ4n) is 5.42. The highest BCUT2D eigenvalue weighted by molar-refractivity contribution is 6.03. The largest absolute Gasteiger partial charge is 0.368 e. The Bertz CT molecular complexity index is 1040. The zero-order chi connectivity index (χ0) is 23.2. The Morgan fingerprint density at radius 2 is 1.91 bits per heavy atom. The number of amides is 1. The van der Waals surface area contributed by atoms with E-state index in [-0.39, 0.29) is 36.4 Å². The molecule has 1 aromatic heterocycles. The van der Waals surface area contributed by atoms with Crippen LogP contribution in [0.3, 0.4) is 0 Å². The summed E-state index contributed by atoms with van der Waals surface area (Å²) in [7, 11) is 0. The van der Waals surface area contributed by atoms with Crippen molar-refractivity contribution in [1.29, 1.82) is 0 Å². The number of rotatable bonds is 5. The lowest BCUT2D eigenvalue weighted by atomic mass is 9.81. The summed E-state index contributed by atoms with van der Waals surface area (Å²) in [4.78, 5) is 19.4. The minimum absolute atomic E-state index is 0.0427. The van der Waals surface area contributed by atoms with Gasteiger partial charge in [0.1, 0.15) is 11.6 Å². The molecule has 2 saturated heterocycles. The van der Waals surface area contributed by atoms with Crippen LogP contribution in [-0.4, -0.2) is 48.5 Å². The van der Waals surface area contributed by atoms with Crippen LogP contribution >= 0.6 is 0 Å². The molecule has 3 heterocycles. The summed E-state index contributed by atoms with van der Waals surface area (Å²) < 4.78 is 54.3. The molecule has 1 unspecified atom stereocenters. The van der Waals surface area contributed by atoms with E-state index in [1.807, 2.05) is 0 Å². The smallest absolute Gasteiger partial charge is 0.254 e. The van der Waals surface area contributed by atoms with Gasteiger partial charge in [-0.15, -0.1) is 0 Å². The van der Waals surface area contributed by atoms with Gasteiger partial charge in [0, 0.05) is 62.0 Å². The molecule has 0 radical (unpaired) electrons. The highest BCUT2D eigenvalue weighted by Crippen LogP contribution is 2.42. The van der Waals surface area contributed by atoms with Crippen LogP contribution < -0.4 is 15.5 Å². The van der Waals surface area contributed by atoms with Gasteiger partial charge in [0.2, 0.25) is 5.92 Å². The molecule has 1 aliphatic carbocycles. The van der Waals surface area contributed by atoms with E-state index >= 15 is 0 Å². The van der Waals surface area contributed by atoms with Crippen LogP contribution in [0.25, 0.3) is 11.1 Å². The van der Waals surface area contributed by atoms with Gasteiger partial charge < -0.3 is 15.5 Å². The first-order valence-electron chi connectivity index (χ1n) is 11.3. The number of alkyl halides is 2. The lowest BCUT2D eigenvalue weighted by Crippen LogP contribution is -2.43. The van der Waals surface area contributed by atoms with E-state index in [1.54, 1.807) is 0 Å². The van der Waals surface area contributed by atoms with Gasteiger partial charge in [-0.1, -0.05) is 0 Å². The molecule has 5 rings (SSSR count). The van der Waals surface area contributed by atoms with Gasteiger partial charge in [-0.05, 0) is 49.4 Å². The summed E-state index contributed by atoms with van der Waals surface area (Å²) in [6.45, 7) is 2.43. The van der Waals surface area contributed by atoms with Gasteiger partial charge in [-0.3, -0.25) is 9.78 Å². The predicted molar refractivity (Wildman–Crippen MR) is 116 cm³/mol. The van der Waals surface area contributed by atoms with Crippen LogP contribution in [0.2, 0.25) is 0 Å². The van der Waals surface area contributed by atoms with Gasteiger partial charge in [0.25, 0.3) is 5.91 Å². The van der Waals surface area contributed by atoms with E-state index in [0.29, 0.717) is 29.9 Å². The minimum atomic E-state index is -2.65. The highest BCUT2D eigenvalue weighted by Gasteiger charge is 2.45. The highest BCUT2D eigenvalue weighted by atomic mass is 19.3. The van der Waals surface area contributed by atoms with E-state index in [0.717, 1.165) is 31.9 Å². The van der Waals surface area contributed by atoms with Gasteiger partial charge in [0.05, 0.1) is 11.3 Å². The molecule has 1 spiro atoms. The summed E-state index contributed by atoms with van der Waals surface area (Å²) in [6, 6.07) is 3.25. The van der Waals surface area contributed by atoms with Gasteiger partial charge >= 0.3 is 0 Å². The zero-order valence-electron chi connectivity index (χ0n) is 18.1. The van der Waals surface area contributed by atoms with Crippen molar-refractivity contribution in [1.82, 2.24) is 15.6 Å². The lowest BCUT2D eigenvalue weighted by Gasteiger charge is -2.35. The monoisotopic (exact) mass is 462 g/mol. The maximum atomic E-state index is 14.0. The van der Waals surface area contributed by atoms with Crippen LogP contribution in [0.15, 0.2) is 30.6 Å². The molecule has 5 nitrogen and oxygen atoms in total. The number of nitrogens with zero attached hydrogens (tertiary/aromatic N) is 2. The van der Waals surface area contributed by atoms with E-state index in [2.05, 4.69) is 20.5 Å². The van der Waals surface area contributed by atoms with Crippen molar-refractivity contribution in [3.63, 3.8) is 0 Å². The summed E-state index contributed by atoms with van der Waals surface area (Å²) in [5.74, 6) is -4.77. The number of nitrogens with one attached hydrogen (secondary N) is 2. The number of halogens is 4. The molecular formula is C24H26F4N4O. The fourth-order valence-corrected chi connectivity index (χ4v) is 5.42. The minimum Gasteiger partial charge on any atom is -0.368 e. The van der Waals surface area contributed by atoms with Crippen LogP contribution in [0.5, 0.6) is 0 Å². The van der Waals surface area contributed by atoms with E-state index in [1.165, 1.54) is 24.5 Å². The predicted octanol–water partition coefficient (Wildman–Crippen LogP) is 4.13. The van der Waals surface area contributed by atoms with E-state index in [9.17, 15) is 22.4 Å². The van der Waals surface area contributed by atoms with Crippen molar-refractivity contribution in [3.8, 4) is 11.1 Å². The standard InChI is InChI=1S/C24H26F4N4O/c25-17-6-16(7-18(26)8-17)19-12-29-13-20(22(33)30-11-15-9-24(27,28)10-15)21(19)32-5-3-23(14-32)2-1-4-31-23/h6-8,12-13,15,31H,1-5,9-11,14H2,(H,30,33). The number of pyridine rings is 1. The topological polar surface area (TPSA) is 57.3 Å². The second-order valence-corrected chi connectivity index (χ2v) is 9.56. The summed E-state index contributed by atoms with van der Waals surface area (Å²) in [5, 5.41) is 6.33. The van der Waals surface area contributed by atoms with Crippen molar-refractivity contribution >= 4 is 11.6 Å². The van der Waals surface area contributed by atoms with Crippen LogP contribution in [0.1, 0.15) is 42.5 Å². The first-order valence-corrected chi connectivity index (χ1v) is 11.3. The third kappa shape index (κ3) is 4.43. The second kappa shape index (κ2) is 8.27. The normalized spacial score (nSPS) is 24.3. The van der Waals surface area contributed by atoms with Crippen molar-refractivity contribution in [2.75, 3.05) is 31.1 Å². The third-order valence-corrected chi connectivity index (χ3v) is 7.06. The van der Waals surface area contributed by atoms with Crippen LogP contribution in [-0.2, 0) is 0 Å². The molecule has 33 heavy (non-hydrogen) atoms. The van der Waals surface area contributed by atoms with Crippen molar-refractivity contribution in [2.45, 2.75) is 43.6 Å². The number of benzene rings is 1. The van der Waals surface area contributed by atoms with Crippen molar-refractivity contribution < 1.29 is 22.4 Å². The molecule has 1 amide bonds. The van der Waals surface area contributed by atoms with E-state index < -0.39 is 23.5 Å². The first-order chi connectivity index (χ1) is 15.7. The molecule has 0 bridgehead atoms. The second-order valence-electron chi connectivity index (χ2n) is 9.56. The maximum absolute atomic E-state index is 14.0. The lowest BCUT2D eigenvalue weighted by molar-refractivity contribution is -0.108. The zero-order valence-corrected chi connectivity index (χ0v) is 18.1. The summed E-state index contributed by atoms with van der Waals surface area (Å²) >= 11 is 0. The average molecular weight is 462 g/mol. The summed E-state index contributed by atoms with van der Waals surface area (Å²) in [6.07, 6.45) is 5.47. The number of carbonyl (C=O) groups excluding carboxylic acids is 1. The van der Waals surface area contributed by atoms with Crippen molar-refractivity contribution in [3.05, 3.63) is 47.8 Å². The molecule has 3 fully saturated rings. The molecule has 3 aliphatic rings. The Kier molecular flexibility index (Phi) is 5.55. The molecule has 1 atom stereocenters. The number of carbonyl (C=O) groups is 1. The molecule has 176 valence electrons. The number of hydrogen-bond donors (Lipinski definition) is 2. The fraction of sp³-hybridized carbons (Fsp3) is 0.500. The van der Waals surface area contributed by atoms with Gasteiger partial charge in [0.15, 0.2) is 0 Å². The molecule has 2 aliphatic heterocycles. The van der Waals surface area contributed by atoms with Gasteiger partial charge in [-0.25, -0.2) is 17.6 Å². The average Bonchev–Trinajstić information content (AvgIpc) is 3.38. The Hall–Kier alpha value is -2.68. The third-order valence-electron chi connectivity index (χ3n) is 7.06. The molecule has 1 saturated carbocycles. The first kappa shape index (κ1) is 22.1. The van der Waals surface area contributed by atoms with Crippen LogP contribution in [0, 0.1) is 17.6 Å². The molecule has 9 heteroatoms.